The molecule has 23 heavy (non-hydrogen) atoms. The summed E-state index contributed by atoms with van der Waals surface area (Å²) in [5.74, 6) is -0.833. The summed E-state index contributed by atoms with van der Waals surface area (Å²) in [5.41, 5.74) is 0.844. The lowest BCUT2D eigenvalue weighted by Crippen LogP contribution is -2.45. The number of nitrogens with zero attached hydrogens (tertiary/aromatic N) is 2. The second-order valence-corrected chi connectivity index (χ2v) is 8.16. The number of carboxylic acid groups (broad SMARTS) is 1. The van der Waals surface area contributed by atoms with Crippen molar-refractivity contribution in [3.05, 3.63) is 38.0 Å². The summed E-state index contributed by atoms with van der Waals surface area (Å²) in [7, 11) is 0. The Labute approximate surface area is 142 Å². The molecule has 2 aromatic rings. The Morgan fingerprint density at radius 2 is 2.26 bits per heavy atom. The highest BCUT2D eigenvalue weighted by Crippen LogP contribution is 2.44. The molecule has 0 aliphatic carbocycles. The van der Waals surface area contributed by atoms with E-state index in [9.17, 15) is 9.90 Å². The molecule has 2 aliphatic heterocycles. The van der Waals surface area contributed by atoms with Crippen LogP contribution in [0.15, 0.2) is 17.6 Å². The number of aromatic carboxylic acids is 1. The first kappa shape index (κ1) is 15.3. The summed E-state index contributed by atoms with van der Waals surface area (Å²) in [5, 5.41) is 12.4. The topological polar surface area (TPSA) is 62.7 Å². The molecule has 5 nitrogen and oxygen atoms in total. The van der Waals surface area contributed by atoms with Gasteiger partial charge < -0.3 is 9.84 Å². The molecule has 1 saturated heterocycles. The number of aromatic nitrogens is 1. The number of rotatable bonds is 3. The maximum atomic E-state index is 11.3. The number of carbonyl (C=O) groups is 1. The lowest BCUT2D eigenvalue weighted by Gasteiger charge is -2.43. The lowest BCUT2D eigenvalue weighted by molar-refractivity contribution is -0.0980. The monoisotopic (exact) mass is 350 g/mol. The largest absolute Gasteiger partial charge is 0.477 e. The van der Waals surface area contributed by atoms with E-state index in [0.717, 1.165) is 49.5 Å². The molecular weight excluding hydrogens is 332 g/mol. The minimum Gasteiger partial charge on any atom is -0.477 e. The summed E-state index contributed by atoms with van der Waals surface area (Å²) in [6.45, 7) is 3.50. The van der Waals surface area contributed by atoms with E-state index in [0.29, 0.717) is 11.5 Å². The highest BCUT2D eigenvalue weighted by atomic mass is 32.1. The molecule has 4 heterocycles. The third-order valence-electron chi connectivity index (χ3n) is 4.72. The molecule has 7 heteroatoms. The fourth-order valence-corrected chi connectivity index (χ4v) is 5.26. The van der Waals surface area contributed by atoms with Gasteiger partial charge in [0.1, 0.15) is 9.88 Å². The number of thiazole rings is 1. The molecule has 1 fully saturated rings. The van der Waals surface area contributed by atoms with Crippen molar-refractivity contribution in [1.82, 2.24) is 9.88 Å². The van der Waals surface area contributed by atoms with Crippen molar-refractivity contribution in [3.8, 4) is 0 Å². The van der Waals surface area contributed by atoms with Gasteiger partial charge in [0.2, 0.25) is 0 Å². The van der Waals surface area contributed by atoms with E-state index in [4.69, 9.17) is 4.74 Å². The van der Waals surface area contributed by atoms with Crippen LogP contribution in [-0.4, -0.2) is 40.7 Å². The number of carboxylic acids is 1. The average Bonchev–Trinajstić information content (AvgIpc) is 3.20. The summed E-state index contributed by atoms with van der Waals surface area (Å²) in [6, 6.07) is 1.85. The number of thiophene rings is 1. The summed E-state index contributed by atoms with van der Waals surface area (Å²) in [4.78, 5) is 19.7. The molecule has 4 rings (SSSR count). The number of hydrogen-bond donors (Lipinski definition) is 1. The smallest absolute Gasteiger partial charge is 0.345 e. The van der Waals surface area contributed by atoms with Crippen molar-refractivity contribution in [3.63, 3.8) is 0 Å². The fraction of sp³-hybridized carbons (Fsp3) is 0.500. The Balaban J connectivity index is 1.52. The molecule has 0 radical (unpaired) electrons. The van der Waals surface area contributed by atoms with Gasteiger partial charge in [-0.05, 0) is 24.5 Å². The first-order valence-corrected chi connectivity index (χ1v) is 9.47. The van der Waals surface area contributed by atoms with E-state index in [1.165, 1.54) is 16.2 Å². The Bertz CT molecular complexity index is 703. The average molecular weight is 350 g/mol. The minimum absolute atomic E-state index is 0.281. The zero-order valence-electron chi connectivity index (χ0n) is 12.7. The Morgan fingerprint density at radius 3 is 2.96 bits per heavy atom. The van der Waals surface area contributed by atoms with Gasteiger partial charge in [-0.3, -0.25) is 4.90 Å². The van der Waals surface area contributed by atoms with Crippen molar-refractivity contribution in [2.24, 2.45) is 0 Å². The van der Waals surface area contributed by atoms with Crippen LogP contribution >= 0.6 is 22.7 Å². The van der Waals surface area contributed by atoms with Crippen LogP contribution in [-0.2, 0) is 23.3 Å². The molecule has 122 valence electrons. The maximum absolute atomic E-state index is 11.3. The third kappa shape index (κ3) is 2.82. The molecule has 0 atom stereocenters. The Kier molecular flexibility index (Phi) is 3.96. The first-order chi connectivity index (χ1) is 11.2. The highest BCUT2D eigenvalue weighted by molar-refractivity contribution is 7.14. The van der Waals surface area contributed by atoms with Crippen LogP contribution in [0.4, 0.5) is 0 Å². The van der Waals surface area contributed by atoms with E-state index >= 15 is 0 Å². The third-order valence-corrected chi connectivity index (χ3v) is 6.67. The molecule has 0 unspecified atom stereocenters. The molecule has 2 aliphatic rings. The molecule has 2 aromatic heterocycles. The molecule has 0 aromatic carbocycles. The Morgan fingerprint density at radius 1 is 1.43 bits per heavy atom. The molecule has 0 bridgehead atoms. The van der Waals surface area contributed by atoms with E-state index in [1.54, 1.807) is 11.3 Å². The second kappa shape index (κ2) is 5.98. The SMILES string of the molecule is O=C(O)c1cc2c(s1)CCOC21CCN(Cc2nccs2)CC1. The van der Waals surface area contributed by atoms with Crippen LogP contribution in [0.3, 0.4) is 0 Å². The molecule has 1 N–H and O–H groups in total. The molecular formula is C16H18N2O3S2. The predicted octanol–water partition coefficient (Wildman–Crippen LogP) is 2.97. The van der Waals surface area contributed by atoms with Gasteiger partial charge in [-0.2, -0.15) is 0 Å². The van der Waals surface area contributed by atoms with Gasteiger partial charge in [0.15, 0.2) is 0 Å². The maximum Gasteiger partial charge on any atom is 0.345 e. The van der Waals surface area contributed by atoms with Crippen LogP contribution in [0.25, 0.3) is 0 Å². The van der Waals surface area contributed by atoms with Gasteiger partial charge in [0, 0.05) is 36.0 Å². The fourth-order valence-electron chi connectivity index (χ4n) is 3.53. The minimum atomic E-state index is -0.833. The number of piperidine rings is 1. The number of likely N-dealkylation sites (tertiary alicyclic amines) is 1. The zero-order chi connectivity index (χ0) is 15.9. The highest BCUT2D eigenvalue weighted by Gasteiger charge is 2.42. The van der Waals surface area contributed by atoms with Gasteiger partial charge in [-0.25, -0.2) is 9.78 Å². The summed E-state index contributed by atoms with van der Waals surface area (Å²) in [6.07, 6.45) is 4.51. The van der Waals surface area contributed by atoms with E-state index < -0.39 is 5.97 Å². The van der Waals surface area contributed by atoms with Crippen molar-refractivity contribution in [2.45, 2.75) is 31.4 Å². The van der Waals surface area contributed by atoms with Gasteiger partial charge in [0.25, 0.3) is 0 Å². The number of hydrogen-bond acceptors (Lipinski definition) is 6. The van der Waals surface area contributed by atoms with Crippen molar-refractivity contribution in [2.75, 3.05) is 19.7 Å². The summed E-state index contributed by atoms with van der Waals surface area (Å²) < 4.78 is 6.18. The number of fused-ring (bicyclic) bond motifs is 2. The predicted molar refractivity (Wildman–Crippen MR) is 89.2 cm³/mol. The second-order valence-electron chi connectivity index (χ2n) is 6.05. The quantitative estimate of drug-likeness (QED) is 0.922. The van der Waals surface area contributed by atoms with Crippen LogP contribution < -0.4 is 0 Å². The van der Waals surface area contributed by atoms with E-state index in [2.05, 4.69) is 9.88 Å². The zero-order valence-corrected chi connectivity index (χ0v) is 14.3. The van der Waals surface area contributed by atoms with Crippen molar-refractivity contribution < 1.29 is 14.6 Å². The van der Waals surface area contributed by atoms with Crippen LogP contribution in [0.5, 0.6) is 0 Å². The van der Waals surface area contributed by atoms with E-state index in [-0.39, 0.29) is 5.60 Å². The van der Waals surface area contributed by atoms with Crippen LogP contribution in [0.2, 0.25) is 0 Å². The van der Waals surface area contributed by atoms with Crippen LogP contribution in [0, 0.1) is 0 Å². The van der Waals surface area contributed by atoms with Gasteiger partial charge in [-0.1, -0.05) is 0 Å². The van der Waals surface area contributed by atoms with Crippen LogP contribution in [0.1, 0.15) is 38.0 Å². The molecule has 0 amide bonds. The molecule has 0 saturated carbocycles. The molecule has 1 spiro atoms. The first-order valence-electron chi connectivity index (χ1n) is 7.77. The standard InChI is InChI=1S/C16H18N2O3S2/c19-15(20)13-9-11-12(23-13)1-7-21-16(11)2-5-18(6-3-16)10-14-17-4-8-22-14/h4,8-9H,1-3,5-7,10H2,(H,19,20). The van der Waals surface area contributed by atoms with Gasteiger partial charge in [-0.15, -0.1) is 22.7 Å². The number of ether oxygens (including phenoxy) is 1. The van der Waals surface area contributed by atoms with Crippen molar-refractivity contribution in [1.29, 1.82) is 0 Å². The lowest BCUT2D eigenvalue weighted by atomic mass is 9.82. The van der Waals surface area contributed by atoms with Crippen molar-refractivity contribution >= 4 is 28.6 Å². The van der Waals surface area contributed by atoms with E-state index in [1.807, 2.05) is 17.6 Å². The Hall–Kier alpha value is -1.28. The normalized spacial score (nSPS) is 20.5. The van der Waals surface area contributed by atoms with Gasteiger partial charge >= 0.3 is 5.97 Å². The summed E-state index contributed by atoms with van der Waals surface area (Å²) >= 11 is 3.11. The van der Waals surface area contributed by atoms with Gasteiger partial charge in [0.05, 0.1) is 18.8 Å².